The molecule has 0 radical (unpaired) electrons. The first kappa shape index (κ1) is 15.6. The molecule has 0 unspecified atom stereocenters. The monoisotopic (exact) mass is 331 g/mol. The summed E-state index contributed by atoms with van der Waals surface area (Å²) in [6.07, 6.45) is 0. The first-order valence-corrected chi connectivity index (χ1v) is 7.69. The maximum atomic E-state index is 12.5. The van der Waals surface area contributed by atoms with Crippen molar-refractivity contribution >= 4 is 22.6 Å². The number of phenolic OH excluding ortho intramolecular Hbond substituents is 1. The van der Waals surface area contributed by atoms with Crippen LogP contribution in [0.25, 0.3) is 16.7 Å². The quantitative estimate of drug-likeness (QED) is 0.547. The predicted molar refractivity (Wildman–Crippen MR) is 90.1 cm³/mol. The standard InChI is InChI=1S/C17H18ClN3O2/c1-10-7-12(17(2,3)4)16(22)15(8-10)20-19-13-9-11(18)5-6-14(13)21(20)23/h5-9,22H,1-4H3. The molecule has 1 heterocycles. The van der Waals surface area contributed by atoms with Crippen molar-refractivity contribution in [2.45, 2.75) is 33.1 Å². The summed E-state index contributed by atoms with van der Waals surface area (Å²) in [7, 11) is 0. The molecular weight excluding hydrogens is 314 g/mol. The van der Waals surface area contributed by atoms with Crippen molar-refractivity contribution < 1.29 is 9.95 Å². The van der Waals surface area contributed by atoms with Crippen LogP contribution in [0.1, 0.15) is 31.9 Å². The summed E-state index contributed by atoms with van der Waals surface area (Å²) in [5.74, 6) is 0.0617. The summed E-state index contributed by atoms with van der Waals surface area (Å²) >= 11 is 5.96. The highest BCUT2D eigenvalue weighted by molar-refractivity contribution is 6.31. The molecule has 6 heteroatoms. The van der Waals surface area contributed by atoms with Crippen LogP contribution in [0.3, 0.4) is 0 Å². The summed E-state index contributed by atoms with van der Waals surface area (Å²) in [5.41, 5.74) is 2.69. The van der Waals surface area contributed by atoms with Crippen LogP contribution in [0.5, 0.6) is 5.75 Å². The number of aromatic nitrogens is 3. The van der Waals surface area contributed by atoms with Gasteiger partial charge in [-0.3, -0.25) is 0 Å². The number of fused-ring (bicyclic) bond motifs is 1. The fraction of sp³-hybridized carbons (Fsp3) is 0.294. The highest BCUT2D eigenvalue weighted by atomic mass is 35.5. The highest BCUT2D eigenvalue weighted by Gasteiger charge is 2.25. The number of benzene rings is 2. The molecule has 1 aromatic heterocycles. The van der Waals surface area contributed by atoms with Crippen LogP contribution in [-0.4, -0.2) is 15.0 Å². The topological polar surface area (TPSA) is 65.0 Å². The van der Waals surface area contributed by atoms with Crippen molar-refractivity contribution in [3.05, 3.63) is 51.7 Å². The average molecular weight is 332 g/mol. The van der Waals surface area contributed by atoms with Gasteiger partial charge in [0, 0.05) is 16.7 Å². The normalized spacial score (nSPS) is 12.0. The van der Waals surface area contributed by atoms with E-state index in [1.165, 1.54) is 4.80 Å². The molecule has 0 aliphatic heterocycles. The van der Waals surface area contributed by atoms with E-state index in [0.29, 0.717) is 26.6 Å². The lowest BCUT2D eigenvalue weighted by Gasteiger charge is -2.22. The van der Waals surface area contributed by atoms with Gasteiger partial charge in [0.25, 0.3) is 5.52 Å². The fourth-order valence-electron chi connectivity index (χ4n) is 2.62. The third kappa shape index (κ3) is 2.61. The summed E-state index contributed by atoms with van der Waals surface area (Å²) in [6, 6.07) is 8.55. The number of rotatable bonds is 1. The van der Waals surface area contributed by atoms with Gasteiger partial charge in [-0.05, 0) is 40.9 Å². The second kappa shape index (κ2) is 5.13. The van der Waals surface area contributed by atoms with E-state index in [0.717, 1.165) is 11.1 Å². The Morgan fingerprint density at radius 3 is 2.57 bits per heavy atom. The maximum Gasteiger partial charge on any atom is 0.251 e. The number of phenols is 1. The summed E-state index contributed by atoms with van der Waals surface area (Å²) in [6.45, 7) is 7.95. The van der Waals surface area contributed by atoms with E-state index >= 15 is 0 Å². The third-order valence-corrected chi connectivity index (χ3v) is 4.01. The van der Waals surface area contributed by atoms with Crippen LogP contribution in [0.2, 0.25) is 5.02 Å². The Labute approximate surface area is 139 Å². The smallest absolute Gasteiger partial charge is 0.251 e. The molecule has 1 N–H and O–H groups in total. The third-order valence-electron chi connectivity index (χ3n) is 3.78. The molecule has 0 aliphatic rings. The van der Waals surface area contributed by atoms with Gasteiger partial charge < -0.3 is 10.3 Å². The number of nitrogens with zero attached hydrogens (tertiary/aromatic N) is 3. The fourth-order valence-corrected chi connectivity index (χ4v) is 2.79. The molecule has 0 saturated carbocycles. The Balaban J connectivity index is 2.31. The van der Waals surface area contributed by atoms with Gasteiger partial charge in [0.15, 0.2) is 11.4 Å². The molecule has 0 aliphatic carbocycles. The molecule has 0 spiro atoms. The minimum absolute atomic E-state index is 0.0617. The zero-order valence-electron chi connectivity index (χ0n) is 13.5. The van der Waals surface area contributed by atoms with Crippen LogP contribution < -0.4 is 4.85 Å². The van der Waals surface area contributed by atoms with Crippen LogP contribution in [0.15, 0.2) is 30.3 Å². The molecule has 0 saturated heterocycles. The van der Waals surface area contributed by atoms with Gasteiger partial charge >= 0.3 is 0 Å². The van der Waals surface area contributed by atoms with E-state index in [1.54, 1.807) is 24.3 Å². The molecule has 0 atom stereocenters. The summed E-state index contributed by atoms with van der Waals surface area (Å²) in [4.78, 5) is 1.82. The van der Waals surface area contributed by atoms with E-state index in [-0.39, 0.29) is 11.2 Å². The second-order valence-electron chi connectivity index (χ2n) is 6.73. The Bertz CT molecular complexity index is 910. The van der Waals surface area contributed by atoms with Crippen LogP contribution in [-0.2, 0) is 5.41 Å². The average Bonchev–Trinajstić information content (AvgIpc) is 2.76. The minimum Gasteiger partial charge on any atom is -0.692 e. The van der Waals surface area contributed by atoms with Crippen LogP contribution in [0, 0.1) is 12.1 Å². The first-order valence-electron chi connectivity index (χ1n) is 7.31. The molecule has 2 aromatic carbocycles. The van der Waals surface area contributed by atoms with Crippen molar-refractivity contribution in [3.8, 4) is 11.4 Å². The van der Waals surface area contributed by atoms with Crippen LogP contribution >= 0.6 is 11.6 Å². The van der Waals surface area contributed by atoms with E-state index in [2.05, 4.69) is 5.10 Å². The lowest BCUT2D eigenvalue weighted by Crippen LogP contribution is -2.37. The SMILES string of the molecule is Cc1cc(-n2nc3cc(Cl)ccc3[n+]2[O-])c(O)c(C(C)(C)C)c1. The van der Waals surface area contributed by atoms with Gasteiger partial charge in [-0.2, -0.15) is 0 Å². The van der Waals surface area contributed by atoms with Crippen molar-refractivity contribution in [1.82, 2.24) is 9.90 Å². The van der Waals surface area contributed by atoms with Gasteiger partial charge in [-0.1, -0.05) is 38.4 Å². The predicted octanol–water partition coefficient (Wildman–Crippen LogP) is 3.62. The number of aromatic hydroxyl groups is 1. The number of hydrogen-bond donors (Lipinski definition) is 1. The van der Waals surface area contributed by atoms with Gasteiger partial charge in [-0.15, -0.1) is 4.85 Å². The lowest BCUT2D eigenvalue weighted by atomic mass is 9.85. The van der Waals surface area contributed by atoms with E-state index in [1.807, 2.05) is 33.8 Å². The number of halogens is 1. The zero-order chi connectivity index (χ0) is 16.9. The molecule has 120 valence electrons. The van der Waals surface area contributed by atoms with Crippen molar-refractivity contribution in [3.63, 3.8) is 0 Å². The van der Waals surface area contributed by atoms with Crippen molar-refractivity contribution in [2.75, 3.05) is 0 Å². The Morgan fingerprint density at radius 2 is 1.91 bits per heavy atom. The molecule has 23 heavy (non-hydrogen) atoms. The number of aryl methyl sites for hydroxylation is 1. The molecular formula is C17H18ClN3O2. The first-order chi connectivity index (χ1) is 10.7. The van der Waals surface area contributed by atoms with Crippen molar-refractivity contribution in [2.24, 2.45) is 0 Å². The minimum atomic E-state index is -0.256. The molecule has 5 nitrogen and oxygen atoms in total. The zero-order valence-corrected chi connectivity index (χ0v) is 14.2. The van der Waals surface area contributed by atoms with Gasteiger partial charge in [-0.25, -0.2) is 0 Å². The molecule has 0 amide bonds. The van der Waals surface area contributed by atoms with Crippen molar-refractivity contribution in [1.29, 1.82) is 0 Å². The largest absolute Gasteiger partial charge is 0.692 e. The highest BCUT2D eigenvalue weighted by Crippen LogP contribution is 2.35. The Kier molecular flexibility index (Phi) is 3.48. The Morgan fingerprint density at radius 1 is 1.22 bits per heavy atom. The lowest BCUT2D eigenvalue weighted by molar-refractivity contribution is -0.664. The van der Waals surface area contributed by atoms with E-state index < -0.39 is 0 Å². The molecule has 0 bridgehead atoms. The summed E-state index contributed by atoms with van der Waals surface area (Å²) in [5, 5.41) is 28.0. The maximum absolute atomic E-state index is 12.5. The second-order valence-corrected chi connectivity index (χ2v) is 7.16. The van der Waals surface area contributed by atoms with Gasteiger partial charge in [0.2, 0.25) is 5.52 Å². The van der Waals surface area contributed by atoms with E-state index in [4.69, 9.17) is 11.6 Å². The number of hydrogen-bond acceptors (Lipinski definition) is 3. The molecule has 3 aromatic rings. The van der Waals surface area contributed by atoms with Crippen LogP contribution in [0.4, 0.5) is 0 Å². The summed E-state index contributed by atoms with van der Waals surface area (Å²) < 4.78 is 0. The van der Waals surface area contributed by atoms with Gasteiger partial charge in [0.1, 0.15) is 0 Å². The van der Waals surface area contributed by atoms with E-state index in [9.17, 15) is 10.3 Å². The Hall–Kier alpha value is -2.27. The molecule has 0 fully saturated rings. The molecule has 3 rings (SSSR count). The van der Waals surface area contributed by atoms with Gasteiger partial charge in [0.05, 0.1) is 5.10 Å².